The number of nitrogens with one attached hydrogen (secondary N) is 1. The van der Waals surface area contributed by atoms with E-state index in [1.54, 1.807) is 37.4 Å². The number of rotatable bonds is 6. The largest absolute Gasteiger partial charge is 0.497 e. The van der Waals surface area contributed by atoms with Gasteiger partial charge in [-0.15, -0.1) is 0 Å². The third-order valence-corrected chi connectivity index (χ3v) is 3.65. The second-order valence-corrected chi connectivity index (χ2v) is 5.51. The highest BCUT2D eigenvalue weighted by atomic mass is 16.5. The van der Waals surface area contributed by atoms with Crippen molar-refractivity contribution in [1.82, 2.24) is 9.88 Å². The molecule has 130 valence electrons. The molecule has 0 saturated carbocycles. The monoisotopic (exact) mass is 342 g/mol. The maximum absolute atomic E-state index is 12.0. The summed E-state index contributed by atoms with van der Waals surface area (Å²) in [5.74, 6) is 1.64. The summed E-state index contributed by atoms with van der Waals surface area (Å²) in [4.78, 5) is 23.9. The summed E-state index contributed by atoms with van der Waals surface area (Å²) < 4.78 is 16.9. The number of methoxy groups -OCH3 is 1. The van der Waals surface area contributed by atoms with E-state index in [0.717, 1.165) is 11.3 Å². The highest BCUT2D eigenvalue weighted by Crippen LogP contribution is 2.21. The average Bonchev–Trinajstić information content (AvgIpc) is 3.19. The van der Waals surface area contributed by atoms with E-state index in [4.69, 9.17) is 13.6 Å². The topological polar surface area (TPSA) is 86.6 Å². The maximum atomic E-state index is 12.0. The van der Waals surface area contributed by atoms with Crippen LogP contribution in [0.3, 0.4) is 0 Å². The molecule has 0 atom stereocenters. The molecule has 25 heavy (non-hydrogen) atoms. The zero-order valence-electron chi connectivity index (χ0n) is 13.9. The van der Waals surface area contributed by atoms with Crippen LogP contribution in [0.4, 0.5) is 0 Å². The number of hydrogen-bond donors (Lipinski definition) is 1. The fourth-order valence-electron chi connectivity index (χ4n) is 2.35. The van der Waals surface area contributed by atoms with Crippen molar-refractivity contribution < 1.29 is 18.4 Å². The van der Waals surface area contributed by atoms with Crippen molar-refractivity contribution in [1.29, 1.82) is 0 Å². The lowest BCUT2D eigenvalue weighted by Crippen LogP contribution is -2.29. The van der Waals surface area contributed by atoms with Gasteiger partial charge in [-0.05, 0) is 43.3 Å². The van der Waals surface area contributed by atoms with Crippen LogP contribution in [0.15, 0.2) is 56.2 Å². The number of benzene rings is 1. The molecule has 0 unspecified atom stereocenters. The summed E-state index contributed by atoms with van der Waals surface area (Å²) in [5, 5.41) is 2.70. The minimum atomic E-state index is -0.588. The van der Waals surface area contributed by atoms with Gasteiger partial charge in [-0.25, -0.2) is 4.79 Å². The van der Waals surface area contributed by atoms with E-state index in [1.807, 2.05) is 13.0 Å². The van der Waals surface area contributed by atoms with Crippen molar-refractivity contribution in [3.05, 3.63) is 64.7 Å². The minimum Gasteiger partial charge on any atom is -0.497 e. The van der Waals surface area contributed by atoms with E-state index < -0.39 is 5.76 Å². The second-order valence-electron chi connectivity index (χ2n) is 5.51. The van der Waals surface area contributed by atoms with E-state index >= 15 is 0 Å². The second kappa shape index (κ2) is 7.12. The molecule has 0 radical (unpaired) electrons. The summed E-state index contributed by atoms with van der Waals surface area (Å²) in [6.07, 6.45) is 1.51. The van der Waals surface area contributed by atoms with Crippen LogP contribution in [0.1, 0.15) is 11.5 Å². The lowest BCUT2D eigenvalue weighted by atomic mass is 10.2. The number of hydrogen-bond acceptors (Lipinski definition) is 5. The Labute approximate surface area is 143 Å². The first-order valence-electron chi connectivity index (χ1n) is 7.72. The standard InChI is InChI=1S/C18H18N2O5/c1-12-3-6-15(24-12)9-19-17(21)11-20-10-16(25-18(20)22)13-4-7-14(23-2)8-5-13/h3-8,10H,9,11H2,1-2H3,(H,19,21). The molecule has 1 N–H and O–H groups in total. The molecule has 7 nitrogen and oxygen atoms in total. The van der Waals surface area contributed by atoms with Crippen LogP contribution < -0.4 is 15.8 Å². The van der Waals surface area contributed by atoms with Gasteiger partial charge in [-0.2, -0.15) is 0 Å². The van der Waals surface area contributed by atoms with Crippen molar-refractivity contribution in [2.75, 3.05) is 7.11 Å². The quantitative estimate of drug-likeness (QED) is 0.743. The first-order valence-corrected chi connectivity index (χ1v) is 7.72. The molecule has 0 saturated heterocycles. The zero-order valence-corrected chi connectivity index (χ0v) is 13.9. The number of carbonyl (C=O) groups excluding carboxylic acids is 1. The molecule has 7 heteroatoms. The number of amides is 1. The van der Waals surface area contributed by atoms with E-state index in [2.05, 4.69) is 5.32 Å². The molecule has 0 aliphatic rings. The van der Waals surface area contributed by atoms with Gasteiger partial charge in [0.15, 0.2) is 5.76 Å². The molecule has 1 amide bonds. The molecule has 3 aromatic rings. The van der Waals surface area contributed by atoms with Gasteiger partial charge in [-0.3, -0.25) is 9.36 Å². The Kier molecular flexibility index (Phi) is 4.74. The van der Waals surface area contributed by atoms with E-state index in [1.165, 1.54) is 10.8 Å². The van der Waals surface area contributed by atoms with Gasteiger partial charge in [0, 0.05) is 5.56 Å². The van der Waals surface area contributed by atoms with Gasteiger partial charge in [0.1, 0.15) is 23.8 Å². The molecule has 0 aliphatic carbocycles. The molecule has 0 aliphatic heterocycles. The van der Waals surface area contributed by atoms with E-state index in [0.29, 0.717) is 17.3 Å². The van der Waals surface area contributed by atoms with Crippen molar-refractivity contribution in [2.45, 2.75) is 20.0 Å². The van der Waals surface area contributed by atoms with Crippen molar-refractivity contribution in [2.24, 2.45) is 0 Å². The Morgan fingerprint density at radius 1 is 1.16 bits per heavy atom. The van der Waals surface area contributed by atoms with Crippen LogP contribution in [0.25, 0.3) is 11.3 Å². The molecule has 2 aromatic heterocycles. The van der Waals surface area contributed by atoms with Crippen molar-refractivity contribution in [3.63, 3.8) is 0 Å². The lowest BCUT2D eigenvalue weighted by molar-refractivity contribution is -0.122. The normalized spacial score (nSPS) is 10.6. The fraction of sp³-hybridized carbons (Fsp3) is 0.222. The summed E-state index contributed by atoms with van der Waals surface area (Å²) in [6, 6.07) is 10.7. The number of aryl methyl sites for hydroxylation is 1. The summed E-state index contributed by atoms with van der Waals surface area (Å²) >= 11 is 0. The Balaban J connectivity index is 1.65. The Hall–Kier alpha value is -3.22. The van der Waals surface area contributed by atoms with Gasteiger partial charge in [0.25, 0.3) is 0 Å². The minimum absolute atomic E-state index is 0.127. The number of oxazole rings is 1. The predicted molar refractivity (Wildman–Crippen MR) is 90.2 cm³/mol. The fourth-order valence-corrected chi connectivity index (χ4v) is 2.35. The van der Waals surface area contributed by atoms with Gasteiger partial charge in [0.2, 0.25) is 5.91 Å². The summed E-state index contributed by atoms with van der Waals surface area (Å²) in [7, 11) is 1.58. The molecule has 0 spiro atoms. The number of nitrogens with zero attached hydrogens (tertiary/aromatic N) is 1. The Morgan fingerprint density at radius 2 is 1.92 bits per heavy atom. The number of carbonyl (C=O) groups is 1. The number of aromatic nitrogens is 1. The highest BCUT2D eigenvalue weighted by molar-refractivity contribution is 5.75. The van der Waals surface area contributed by atoms with Crippen LogP contribution in [0, 0.1) is 6.92 Å². The first kappa shape index (κ1) is 16.6. The molecule has 0 fully saturated rings. The third kappa shape index (κ3) is 4.00. The molecular weight excluding hydrogens is 324 g/mol. The van der Waals surface area contributed by atoms with Gasteiger partial charge in [0.05, 0.1) is 19.9 Å². The molecular formula is C18H18N2O5. The van der Waals surface area contributed by atoms with E-state index in [9.17, 15) is 9.59 Å². The van der Waals surface area contributed by atoms with Crippen LogP contribution >= 0.6 is 0 Å². The van der Waals surface area contributed by atoms with Crippen LogP contribution in [0.5, 0.6) is 5.75 Å². The Morgan fingerprint density at radius 3 is 2.56 bits per heavy atom. The smallest absolute Gasteiger partial charge is 0.419 e. The predicted octanol–water partition coefficient (Wildman–Crippen LogP) is 2.33. The van der Waals surface area contributed by atoms with Crippen LogP contribution in [0.2, 0.25) is 0 Å². The average molecular weight is 342 g/mol. The first-order chi connectivity index (χ1) is 12.0. The maximum Gasteiger partial charge on any atom is 0.419 e. The van der Waals surface area contributed by atoms with E-state index in [-0.39, 0.29) is 19.0 Å². The van der Waals surface area contributed by atoms with Crippen molar-refractivity contribution >= 4 is 5.91 Å². The lowest BCUT2D eigenvalue weighted by Gasteiger charge is -2.03. The zero-order chi connectivity index (χ0) is 17.8. The summed E-state index contributed by atoms with van der Waals surface area (Å²) in [6.45, 7) is 1.97. The number of furan rings is 1. The van der Waals surface area contributed by atoms with Crippen LogP contribution in [-0.2, 0) is 17.9 Å². The molecule has 2 heterocycles. The summed E-state index contributed by atoms with van der Waals surface area (Å²) in [5.41, 5.74) is 0.725. The number of ether oxygens (including phenoxy) is 1. The van der Waals surface area contributed by atoms with Crippen molar-refractivity contribution in [3.8, 4) is 17.1 Å². The molecule has 3 rings (SSSR count). The van der Waals surface area contributed by atoms with Gasteiger partial charge >= 0.3 is 5.76 Å². The van der Waals surface area contributed by atoms with Crippen LogP contribution in [-0.4, -0.2) is 17.6 Å². The molecule has 1 aromatic carbocycles. The molecule has 0 bridgehead atoms. The highest BCUT2D eigenvalue weighted by Gasteiger charge is 2.12. The third-order valence-electron chi connectivity index (χ3n) is 3.65. The van der Waals surface area contributed by atoms with Gasteiger partial charge in [-0.1, -0.05) is 0 Å². The SMILES string of the molecule is COc1ccc(-c2cn(CC(=O)NCc3ccc(C)o3)c(=O)o2)cc1. The van der Waals surface area contributed by atoms with Gasteiger partial charge < -0.3 is 18.9 Å². The Bertz CT molecular complexity index is 918.